The third-order valence-corrected chi connectivity index (χ3v) is 8.54. The van der Waals surface area contributed by atoms with Gasteiger partial charge < -0.3 is 25.2 Å². The van der Waals surface area contributed by atoms with Gasteiger partial charge in [-0.15, -0.1) is 11.3 Å². The van der Waals surface area contributed by atoms with E-state index in [4.69, 9.17) is 4.74 Å². The van der Waals surface area contributed by atoms with Gasteiger partial charge in [-0.3, -0.25) is 0 Å². The van der Waals surface area contributed by atoms with E-state index in [0.717, 1.165) is 60.1 Å². The summed E-state index contributed by atoms with van der Waals surface area (Å²) in [6, 6.07) is 10.4. The number of alkyl halides is 3. The topological polar surface area (TPSA) is 78.4 Å². The lowest BCUT2D eigenvalue weighted by atomic mass is 9.99. The number of piperidine rings is 1. The maximum atomic E-state index is 13.2. The largest absolute Gasteiger partial charge is 0.495 e. The minimum atomic E-state index is -4.54. The van der Waals surface area contributed by atoms with Crippen LogP contribution in [-0.2, 0) is 6.18 Å². The molecule has 0 saturated carbocycles. The molecule has 2 aliphatic heterocycles. The maximum absolute atomic E-state index is 13.2. The van der Waals surface area contributed by atoms with Crippen LogP contribution < -0.4 is 20.3 Å². The molecule has 1 aromatic carbocycles. The van der Waals surface area contributed by atoms with Crippen molar-refractivity contribution in [3.8, 4) is 5.75 Å². The molecule has 2 saturated heterocycles. The predicted molar refractivity (Wildman–Crippen MR) is 152 cm³/mol. The Morgan fingerprint density at radius 1 is 1.00 bits per heavy atom. The highest BCUT2D eigenvalue weighted by Gasteiger charge is 2.32. The van der Waals surface area contributed by atoms with E-state index in [1.165, 1.54) is 43.0 Å². The van der Waals surface area contributed by atoms with Crippen molar-refractivity contribution in [2.75, 3.05) is 48.8 Å². The van der Waals surface area contributed by atoms with Crippen LogP contribution in [0.5, 0.6) is 5.75 Å². The number of aromatic nitrogens is 3. The molecule has 0 amide bonds. The van der Waals surface area contributed by atoms with Crippen LogP contribution in [0.2, 0.25) is 0 Å². The fraction of sp³-hybridized carbons (Fsp3) is 0.393. The summed E-state index contributed by atoms with van der Waals surface area (Å²) in [6.45, 7) is 6.33. The Kier molecular flexibility index (Phi) is 7.13. The molecule has 0 unspecified atom stereocenters. The molecule has 2 N–H and O–H groups in total. The minimum absolute atomic E-state index is 0.0512. The van der Waals surface area contributed by atoms with E-state index in [-0.39, 0.29) is 5.82 Å². The van der Waals surface area contributed by atoms with Gasteiger partial charge in [0.1, 0.15) is 27.9 Å². The Labute approximate surface area is 234 Å². The normalized spacial score (nSPS) is 16.7. The van der Waals surface area contributed by atoms with Gasteiger partial charge in [-0.25, -0.2) is 9.97 Å². The number of methoxy groups -OCH3 is 1. The lowest BCUT2D eigenvalue weighted by Gasteiger charge is -2.43. The van der Waals surface area contributed by atoms with Crippen molar-refractivity contribution in [2.45, 2.75) is 38.4 Å². The highest BCUT2D eigenvalue weighted by atomic mass is 32.1. The molecule has 3 aromatic heterocycles. The molecular weight excluding hydrogens is 539 g/mol. The highest BCUT2D eigenvalue weighted by Crippen LogP contribution is 2.37. The van der Waals surface area contributed by atoms with E-state index in [9.17, 15) is 13.2 Å². The zero-order valence-electron chi connectivity index (χ0n) is 22.3. The van der Waals surface area contributed by atoms with Gasteiger partial charge in [0, 0.05) is 30.9 Å². The van der Waals surface area contributed by atoms with Gasteiger partial charge in [0.05, 0.1) is 18.2 Å². The quantitative estimate of drug-likeness (QED) is 0.258. The van der Waals surface area contributed by atoms with Crippen LogP contribution >= 0.6 is 11.3 Å². The number of rotatable bonds is 7. The van der Waals surface area contributed by atoms with Gasteiger partial charge in [0.15, 0.2) is 0 Å². The van der Waals surface area contributed by atoms with E-state index < -0.39 is 11.9 Å². The second kappa shape index (κ2) is 10.7. The minimum Gasteiger partial charge on any atom is -0.495 e. The number of pyridine rings is 1. The molecule has 12 heteroatoms. The molecule has 0 aliphatic carbocycles. The first-order valence-corrected chi connectivity index (χ1v) is 14.2. The molecule has 210 valence electrons. The summed E-state index contributed by atoms with van der Waals surface area (Å²) in [5.41, 5.74) is 1.75. The highest BCUT2D eigenvalue weighted by molar-refractivity contribution is 7.17. The van der Waals surface area contributed by atoms with Crippen LogP contribution in [0.4, 0.5) is 42.1 Å². The molecule has 0 radical (unpaired) electrons. The van der Waals surface area contributed by atoms with E-state index in [1.807, 2.05) is 30.5 Å². The van der Waals surface area contributed by atoms with Gasteiger partial charge in [0.25, 0.3) is 0 Å². The Morgan fingerprint density at radius 2 is 1.80 bits per heavy atom. The molecule has 2 aliphatic rings. The molecule has 2 fully saturated rings. The number of thiophene rings is 1. The van der Waals surface area contributed by atoms with Crippen molar-refractivity contribution < 1.29 is 17.9 Å². The molecule has 0 spiro atoms. The Balaban J connectivity index is 1.24. The number of benzene rings is 1. The summed E-state index contributed by atoms with van der Waals surface area (Å²) < 4.78 is 45.4. The molecule has 0 bridgehead atoms. The average Bonchev–Trinajstić information content (AvgIpc) is 3.28. The van der Waals surface area contributed by atoms with Crippen molar-refractivity contribution in [1.82, 2.24) is 19.9 Å². The zero-order valence-corrected chi connectivity index (χ0v) is 23.1. The summed E-state index contributed by atoms with van der Waals surface area (Å²) >= 11 is 1.44. The first-order valence-electron chi connectivity index (χ1n) is 13.3. The van der Waals surface area contributed by atoms with Crippen LogP contribution in [0.3, 0.4) is 0 Å². The maximum Gasteiger partial charge on any atom is 0.433 e. The third-order valence-electron chi connectivity index (χ3n) is 7.55. The number of nitrogens with zero attached hydrogens (tertiary/aromatic N) is 5. The van der Waals surface area contributed by atoms with Gasteiger partial charge in [0.2, 0.25) is 5.95 Å². The smallest absolute Gasteiger partial charge is 0.433 e. The molecule has 6 rings (SSSR count). The van der Waals surface area contributed by atoms with Gasteiger partial charge in [-0.2, -0.15) is 18.2 Å². The standard InChI is InChI=1S/C28H30F3N7OS/c1-17-16-40-26-24(17)25(34-23-6-3-5-22(33-23)28(29,30)31)35-27(36-26)32-18-7-8-20(21(15-18)39-2)38-13-9-19(10-14-38)37-11-4-12-37/h3,5-8,15-16,19H,4,9-14H2,1-2H3,(H2,32,33,34,35,36). The number of anilines is 5. The first-order chi connectivity index (χ1) is 19.3. The number of hydrogen-bond donors (Lipinski definition) is 2. The van der Waals surface area contributed by atoms with Crippen molar-refractivity contribution in [3.05, 3.63) is 53.0 Å². The van der Waals surface area contributed by atoms with E-state index in [0.29, 0.717) is 22.6 Å². The summed E-state index contributed by atoms with van der Waals surface area (Å²) in [7, 11) is 1.66. The van der Waals surface area contributed by atoms with Crippen molar-refractivity contribution in [3.63, 3.8) is 0 Å². The van der Waals surface area contributed by atoms with Crippen LogP contribution in [0.15, 0.2) is 41.8 Å². The fourth-order valence-electron chi connectivity index (χ4n) is 5.34. The summed E-state index contributed by atoms with van der Waals surface area (Å²) in [6.07, 6.45) is -0.939. The van der Waals surface area contributed by atoms with Crippen molar-refractivity contribution in [1.29, 1.82) is 0 Å². The monoisotopic (exact) mass is 569 g/mol. The lowest BCUT2D eigenvalue weighted by Crippen LogP contribution is -2.50. The first kappa shape index (κ1) is 26.6. The van der Waals surface area contributed by atoms with Crippen LogP contribution in [0, 0.1) is 6.92 Å². The Bertz CT molecular complexity index is 1510. The SMILES string of the molecule is COc1cc(Nc2nc(Nc3cccc(C(F)(F)F)n3)c3c(C)csc3n2)ccc1N1CCC(N2CCC2)CC1. The summed E-state index contributed by atoms with van der Waals surface area (Å²) in [4.78, 5) is 18.7. The third kappa shape index (κ3) is 5.37. The number of aryl methyl sites for hydroxylation is 1. The van der Waals surface area contributed by atoms with Crippen LogP contribution in [-0.4, -0.2) is 59.2 Å². The van der Waals surface area contributed by atoms with E-state index in [1.54, 1.807) is 7.11 Å². The summed E-state index contributed by atoms with van der Waals surface area (Å²) in [5.74, 6) is 1.50. The van der Waals surface area contributed by atoms with Gasteiger partial charge >= 0.3 is 6.18 Å². The van der Waals surface area contributed by atoms with E-state index in [2.05, 4.69) is 35.4 Å². The molecular formula is C28H30F3N7OS. The van der Waals surface area contributed by atoms with Gasteiger partial charge in [-0.05, 0) is 74.5 Å². The number of ether oxygens (including phenoxy) is 1. The lowest BCUT2D eigenvalue weighted by molar-refractivity contribution is -0.141. The van der Waals surface area contributed by atoms with Crippen molar-refractivity contribution >= 4 is 50.5 Å². The number of hydrogen-bond acceptors (Lipinski definition) is 9. The average molecular weight is 570 g/mol. The zero-order chi connectivity index (χ0) is 27.9. The van der Waals surface area contributed by atoms with Crippen molar-refractivity contribution in [2.24, 2.45) is 0 Å². The summed E-state index contributed by atoms with van der Waals surface area (Å²) in [5, 5.41) is 8.91. The Hall–Kier alpha value is -3.64. The Morgan fingerprint density at radius 3 is 2.50 bits per heavy atom. The fourth-order valence-corrected chi connectivity index (χ4v) is 6.26. The number of likely N-dealkylation sites (tertiary alicyclic amines) is 1. The van der Waals surface area contributed by atoms with Crippen LogP contribution in [0.25, 0.3) is 10.2 Å². The second-order valence-electron chi connectivity index (χ2n) is 10.1. The number of halogens is 3. The molecule has 8 nitrogen and oxygen atoms in total. The molecule has 4 aromatic rings. The predicted octanol–water partition coefficient (Wildman–Crippen LogP) is 6.58. The second-order valence-corrected chi connectivity index (χ2v) is 11.0. The van der Waals surface area contributed by atoms with Gasteiger partial charge in [-0.1, -0.05) is 6.07 Å². The van der Waals surface area contributed by atoms with Crippen LogP contribution in [0.1, 0.15) is 30.5 Å². The number of fused-ring (bicyclic) bond motifs is 1. The number of nitrogens with one attached hydrogen (secondary N) is 2. The molecule has 40 heavy (non-hydrogen) atoms. The molecule has 5 heterocycles. The van der Waals surface area contributed by atoms with E-state index >= 15 is 0 Å². The molecule has 0 atom stereocenters.